The Hall–Kier alpha value is -2.93. The number of hydrogen-bond donors (Lipinski definition) is 2. The van der Waals surface area contributed by atoms with Gasteiger partial charge < -0.3 is 15.8 Å². The Morgan fingerprint density at radius 1 is 1.12 bits per heavy atom. The van der Waals surface area contributed by atoms with Crippen LogP contribution < -0.4 is 15.8 Å². The largest absolute Gasteiger partial charge is 0.481 e. The van der Waals surface area contributed by atoms with Crippen LogP contribution >= 0.6 is 0 Å². The Bertz CT molecular complexity index is 697. The van der Waals surface area contributed by atoms with Crippen molar-refractivity contribution in [3.63, 3.8) is 0 Å². The van der Waals surface area contributed by atoms with Crippen molar-refractivity contribution >= 4 is 11.6 Å². The molecular weight excluding hydrogens is 298 g/mol. The molecule has 0 atom stereocenters. The molecule has 0 aliphatic heterocycles. The smallest absolute Gasteiger partial charge is 0.193 e. The third-order valence-corrected chi connectivity index (χ3v) is 3.56. The summed E-state index contributed by atoms with van der Waals surface area (Å²) in [5.41, 5.74) is 9.34. The predicted octanol–water partition coefficient (Wildman–Crippen LogP) is 3.23. The minimum Gasteiger partial charge on any atom is -0.481 e. The number of anilines is 1. The van der Waals surface area contributed by atoms with E-state index >= 15 is 0 Å². The number of aliphatic imine (C=N–C) groups is 1. The van der Waals surface area contributed by atoms with Crippen LogP contribution in [0.2, 0.25) is 0 Å². The standard InChI is InChI=1S/C20H23N3O/c1-3-15-24-19-11-7-17(8-12-19)13-14-22-20(21)23-18-9-5-16(4-2)6-10-18/h1,5-12H,4,13-15H2,2H3,(H3,21,22,23). The molecule has 0 amide bonds. The van der Waals surface area contributed by atoms with Gasteiger partial charge in [0.1, 0.15) is 12.4 Å². The van der Waals surface area contributed by atoms with E-state index < -0.39 is 0 Å². The molecule has 0 spiro atoms. The molecule has 0 aromatic heterocycles. The Balaban J connectivity index is 1.80. The van der Waals surface area contributed by atoms with Crippen molar-refractivity contribution in [1.29, 1.82) is 0 Å². The molecule has 0 saturated heterocycles. The number of hydrogen-bond acceptors (Lipinski definition) is 2. The van der Waals surface area contributed by atoms with Gasteiger partial charge in [0.25, 0.3) is 0 Å². The van der Waals surface area contributed by atoms with Crippen molar-refractivity contribution in [2.45, 2.75) is 19.8 Å². The van der Waals surface area contributed by atoms with Crippen LogP contribution in [-0.4, -0.2) is 19.1 Å². The van der Waals surface area contributed by atoms with Crippen LogP contribution in [0.4, 0.5) is 5.69 Å². The van der Waals surface area contributed by atoms with E-state index in [1.165, 1.54) is 11.1 Å². The van der Waals surface area contributed by atoms with Crippen LogP contribution in [0.3, 0.4) is 0 Å². The molecule has 0 unspecified atom stereocenters. The molecule has 0 aliphatic carbocycles. The summed E-state index contributed by atoms with van der Waals surface area (Å²) < 4.78 is 5.34. The lowest BCUT2D eigenvalue weighted by Crippen LogP contribution is -2.23. The van der Waals surface area contributed by atoms with E-state index in [-0.39, 0.29) is 6.61 Å². The molecule has 0 heterocycles. The van der Waals surface area contributed by atoms with Crippen molar-refractivity contribution in [2.24, 2.45) is 10.7 Å². The van der Waals surface area contributed by atoms with Crippen LogP contribution in [0.1, 0.15) is 18.1 Å². The Morgan fingerprint density at radius 2 is 1.79 bits per heavy atom. The van der Waals surface area contributed by atoms with Crippen LogP contribution in [0.15, 0.2) is 53.5 Å². The summed E-state index contributed by atoms with van der Waals surface area (Å²) in [7, 11) is 0. The average molecular weight is 321 g/mol. The number of aryl methyl sites for hydroxylation is 1. The summed E-state index contributed by atoms with van der Waals surface area (Å²) in [4.78, 5) is 4.35. The molecular formula is C20H23N3O. The first-order chi connectivity index (χ1) is 11.7. The second-order valence-electron chi connectivity index (χ2n) is 5.33. The van der Waals surface area contributed by atoms with Crippen molar-refractivity contribution < 1.29 is 4.74 Å². The van der Waals surface area contributed by atoms with Gasteiger partial charge in [0, 0.05) is 12.2 Å². The third-order valence-electron chi connectivity index (χ3n) is 3.56. The van der Waals surface area contributed by atoms with Crippen LogP contribution in [-0.2, 0) is 12.8 Å². The Kier molecular flexibility index (Phi) is 6.73. The highest BCUT2D eigenvalue weighted by molar-refractivity contribution is 5.92. The lowest BCUT2D eigenvalue weighted by molar-refractivity contribution is 0.370. The first kappa shape index (κ1) is 17.4. The Labute approximate surface area is 143 Å². The topological polar surface area (TPSA) is 59.6 Å². The van der Waals surface area contributed by atoms with Gasteiger partial charge in [0.15, 0.2) is 5.96 Å². The fourth-order valence-electron chi connectivity index (χ4n) is 2.19. The minimum atomic E-state index is 0.283. The average Bonchev–Trinajstić information content (AvgIpc) is 2.61. The summed E-state index contributed by atoms with van der Waals surface area (Å²) in [6, 6.07) is 16.0. The van der Waals surface area contributed by atoms with E-state index in [1.807, 2.05) is 36.4 Å². The maximum Gasteiger partial charge on any atom is 0.193 e. The molecule has 24 heavy (non-hydrogen) atoms. The SMILES string of the molecule is C#CCOc1ccc(CCN=C(N)Nc2ccc(CC)cc2)cc1. The quantitative estimate of drug-likeness (QED) is 0.467. The third kappa shape index (κ3) is 5.69. The zero-order valence-corrected chi connectivity index (χ0v) is 14.0. The number of benzene rings is 2. The van der Waals surface area contributed by atoms with Gasteiger partial charge in [0.2, 0.25) is 0 Å². The highest BCUT2D eigenvalue weighted by Gasteiger charge is 1.98. The van der Waals surface area contributed by atoms with Gasteiger partial charge in [-0.2, -0.15) is 0 Å². The van der Waals surface area contributed by atoms with Crippen LogP contribution in [0, 0.1) is 12.3 Å². The van der Waals surface area contributed by atoms with Gasteiger partial charge in [0.05, 0.1) is 0 Å². The van der Waals surface area contributed by atoms with Crippen LogP contribution in [0.5, 0.6) is 5.75 Å². The lowest BCUT2D eigenvalue weighted by atomic mass is 10.1. The summed E-state index contributed by atoms with van der Waals surface area (Å²) in [5.74, 6) is 3.64. The molecule has 4 heteroatoms. The van der Waals surface area contributed by atoms with E-state index in [1.54, 1.807) is 0 Å². The molecule has 3 N–H and O–H groups in total. The number of nitrogens with one attached hydrogen (secondary N) is 1. The molecule has 0 bridgehead atoms. The van der Waals surface area contributed by atoms with Gasteiger partial charge >= 0.3 is 0 Å². The summed E-state index contributed by atoms with van der Waals surface area (Å²) >= 11 is 0. The highest BCUT2D eigenvalue weighted by Crippen LogP contribution is 2.12. The van der Waals surface area contributed by atoms with Gasteiger partial charge in [-0.05, 0) is 48.2 Å². The van der Waals surface area contributed by atoms with Gasteiger partial charge in [-0.1, -0.05) is 37.1 Å². The molecule has 2 aromatic carbocycles. The van der Waals surface area contributed by atoms with E-state index in [0.717, 1.165) is 24.3 Å². The molecule has 0 aliphatic rings. The maximum absolute atomic E-state index is 5.92. The van der Waals surface area contributed by atoms with Gasteiger partial charge in [-0.3, -0.25) is 4.99 Å². The normalized spacial score (nSPS) is 10.9. The van der Waals surface area contributed by atoms with Gasteiger partial charge in [-0.25, -0.2) is 0 Å². The zero-order chi connectivity index (χ0) is 17.2. The minimum absolute atomic E-state index is 0.283. The molecule has 124 valence electrons. The molecule has 2 aromatic rings. The first-order valence-corrected chi connectivity index (χ1v) is 8.02. The number of ether oxygens (including phenoxy) is 1. The molecule has 2 rings (SSSR count). The lowest BCUT2D eigenvalue weighted by Gasteiger charge is -2.07. The Morgan fingerprint density at radius 3 is 2.42 bits per heavy atom. The number of rotatable bonds is 7. The summed E-state index contributed by atoms with van der Waals surface area (Å²) in [5, 5.41) is 3.10. The van der Waals surface area contributed by atoms with Crippen molar-refractivity contribution in [3.8, 4) is 18.1 Å². The first-order valence-electron chi connectivity index (χ1n) is 8.02. The van der Waals surface area contributed by atoms with E-state index in [9.17, 15) is 0 Å². The fraction of sp³-hybridized carbons (Fsp3) is 0.250. The van der Waals surface area contributed by atoms with Crippen molar-refractivity contribution in [1.82, 2.24) is 0 Å². The maximum atomic E-state index is 5.92. The molecule has 0 radical (unpaired) electrons. The summed E-state index contributed by atoms with van der Waals surface area (Å²) in [6.07, 6.45) is 7.00. The second kappa shape index (κ2) is 9.26. The second-order valence-corrected chi connectivity index (χ2v) is 5.33. The number of nitrogens with two attached hydrogens (primary N) is 1. The monoisotopic (exact) mass is 321 g/mol. The molecule has 0 fully saturated rings. The van der Waals surface area contributed by atoms with E-state index in [4.69, 9.17) is 16.9 Å². The number of nitrogens with zero attached hydrogens (tertiary/aromatic N) is 1. The summed E-state index contributed by atoms with van der Waals surface area (Å²) in [6.45, 7) is 3.04. The van der Waals surface area contributed by atoms with Crippen molar-refractivity contribution in [2.75, 3.05) is 18.5 Å². The van der Waals surface area contributed by atoms with Gasteiger partial charge in [-0.15, -0.1) is 6.42 Å². The van der Waals surface area contributed by atoms with E-state index in [2.05, 4.69) is 35.3 Å². The number of guanidine groups is 1. The molecule has 4 nitrogen and oxygen atoms in total. The molecule has 0 saturated carbocycles. The highest BCUT2D eigenvalue weighted by atomic mass is 16.5. The fourth-order valence-corrected chi connectivity index (χ4v) is 2.19. The van der Waals surface area contributed by atoms with E-state index in [0.29, 0.717) is 12.5 Å². The van der Waals surface area contributed by atoms with Crippen LogP contribution in [0.25, 0.3) is 0 Å². The number of terminal acetylenes is 1. The van der Waals surface area contributed by atoms with Crippen molar-refractivity contribution in [3.05, 3.63) is 59.7 Å². The zero-order valence-electron chi connectivity index (χ0n) is 14.0. The predicted molar refractivity (Wildman–Crippen MR) is 100 cm³/mol.